The number of benzene rings is 1. The Hall–Kier alpha value is -1.26. The van der Waals surface area contributed by atoms with Crippen LogP contribution in [0.2, 0.25) is 5.02 Å². The SMILES string of the molecule is CC(C1CC1)N(C)CCCC(=O)Nc1ccc(Cl)cc1N. The van der Waals surface area contributed by atoms with Crippen LogP contribution in [0.1, 0.15) is 32.6 Å². The summed E-state index contributed by atoms with van der Waals surface area (Å²) in [5.74, 6) is 0.856. The Morgan fingerprint density at radius 3 is 2.86 bits per heavy atom. The van der Waals surface area contributed by atoms with E-state index in [0.717, 1.165) is 18.9 Å². The van der Waals surface area contributed by atoms with Gasteiger partial charge in [0.05, 0.1) is 11.4 Å². The number of nitrogens with two attached hydrogens (primary N) is 1. The number of halogens is 1. The van der Waals surface area contributed by atoms with Crippen molar-refractivity contribution < 1.29 is 4.79 Å². The maximum Gasteiger partial charge on any atom is 0.224 e. The van der Waals surface area contributed by atoms with Crippen LogP contribution in [0, 0.1) is 5.92 Å². The van der Waals surface area contributed by atoms with Crippen molar-refractivity contribution in [3.05, 3.63) is 23.2 Å². The van der Waals surface area contributed by atoms with E-state index in [-0.39, 0.29) is 5.91 Å². The summed E-state index contributed by atoms with van der Waals surface area (Å²) in [6.07, 6.45) is 4.06. The first-order valence-electron chi connectivity index (χ1n) is 7.52. The van der Waals surface area contributed by atoms with Crippen LogP contribution >= 0.6 is 11.6 Å². The molecule has 1 saturated carbocycles. The molecule has 1 aromatic carbocycles. The molecule has 3 N–H and O–H groups in total. The van der Waals surface area contributed by atoms with E-state index >= 15 is 0 Å². The zero-order valence-corrected chi connectivity index (χ0v) is 13.5. The van der Waals surface area contributed by atoms with Gasteiger partial charge in [0.2, 0.25) is 5.91 Å². The fraction of sp³-hybridized carbons (Fsp3) is 0.562. The normalized spacial score (nSPS) is 16.0. The standard InChI is InChI=1S/C16H24ClN3O/c1-11(12-5-6-12)20(2)9-3-4-16(21)19-15-8-7-13(17)10-14(15)18/h7-8,10-12H,3-6,9,18H2,1-2H3,(H,19,21). The van der Waals surface area contributed by atoms with Crippen LogP contribution in [0.3, 0.4) is 0 Å². The minimum atomic E-state index is -0.00324. The number of nitrogen functional groups attached to an aromatic ring is 1. The van der Waals surface area contributed by atoms with Crippen LogP contribution in [0.25, 0.3) is 0 Å². The number of amides is 1. The molecule has 5 heteroatoms. The molecule has 1 aliphatic rings. The van der Waals surface area contributed by atoms with Gasteiger partial charge in [-0.2, -0.15) is 0 Å². The second-order valence-electron chi connectivity index (χ2n) is 5.94. The Bertz CT molecular complexity index is 502. The zero-order valence-electron chi connectivity index (χ0n) is 12.7. The van der Waals surface area contributed by atoms with Crippen molar-refractivity contribution in [1.82, 2.24) is 4.90 Å². The number of nitrogens with one attached hydrogen (secondary N) is 1. The summed E-state index contributed by atoms with van der Waals surface area (Å²) < 4.78 is 0. The maximum atomic E-state index is 11.9. The lowest BCUT2D eigenvalue weighted by Crippen LogP contribution is -2.32. The van der Waals surface area contributed by atoms with Gasteiger partial charge in [0.15, 0.2) is 0 Å². The van der Waals surface area contributed by atoms with Crippen molar-refractivity contribution in [3.8, 4) is 0 Å². The molecule has 0 bridgehead atoms. The molecular formula is C16H24ClN3O. The first-order valence-corrected chi connectivity index (χ1v) is 7.90. The van der Waals surface area contributed by atoms with Gasteiger partial charge in [-0.15, -0.1) is 0 Å². The highest BCUT2D eigenvalue weighted by Gasteiger charge is 2.30. The fourth-order valence-electron chi connectivity index (χ4n) is 2.49. The molecule has 0 heterocycles. The van der Waals surface area contributed by atoms with Crippen molar-refractivity contribution in [3.63, 3.8) is 0 Å². The molecule has 1 aliphatic carbocycles. The lowest BCUT2D eigenvalue weighted by atomic mass is 10.1. The van der Waals surface area contributed by atoms with Gasteiger partial charge < -0.3 is 16.0 Å². The van der Waals surface area contributed by atoms with Gasteiger partial charge in [-0.05, 0) is 63.9 Å². The third-order valence-electron chi connectivity index (χ3n) is 4.20. The van der Waals surface area contributed by atoms with E-state index in [4.69, 9.17) is 17.3 Å². The lowest BCUT2D eigenvalue weighted by molar-refractivity contribution is -0.116. The highest BCUT2D eigenvalue weighted by atomic mass is 35.5. The van der Waals surface area contributed by atoms with E-state index in [1.54, 1.807) is 18.2 Å². The molecular weight excluding hydrogens is 286 g/mol. The number of anilines is 2. The summed E-state index contributed by atoms with van der Waals surface area (Å²) in [4.78, 5) is 14.3. The second-order valence-corrected chi connectivity index (χ2v) is 6.38. The smallest absolute Gasteiger partial charge is 0.224 e. The molecule has 1 amide bonds. The molecule has 1 atom stereocenters. The summed E-state index contributed by atoms with van der Waals surface area (Å²) in [6, 6.07) is 5.72. The molecule has 0 aliphatic heterocycles. The van der Waals surface area contributed by atoms with Gasteiger partial charge in [0, 0.05) is 17.5 Å². The minimum absolute atomic E-state index is 0.00324. The Morgan fingerprint density at radius 2 is 2.24 bits per heavy atom. The average Bonchev–Trinajstić information content (AvgIpc) is 3.25. The third-order valence-corrected chi connectivity index (χ3v) is 4.44. The molecule has 2 rings (SSSR count). The molecule has 1 aromatic rings. The Morgan fingerprint density at radius 1 is 1.52 bits per heavy atom. The van der Waals surface area contributed by atoms with Crippen molar-refractivity contribution >= 4 is 28.9 Å². The summed E-state index contributed by atoms with van der Waals surface area (Å²) >= 11 is 5.83. The number of carbonyl (C=O) groups excluding carboxylic acids is 1. The Kier molecular flexibility index (Phi) is 5.48. The number of rotatable bonds is 7. The van der Waals surface area contributed by atoms with Crippen molar-refractivity contribution in [2.24, 2.45) is 5.92 Å². The summed E-state index contributed by atoms with van der Waals surface area (Å²) in [5, 5.41) is 3.40. The fourth-order valence-corrected chi connectivity index (χ4v) is 2.67. The third kappa shape index (κ3) is 4.90. The van der Waals surface area contributed by atoms with Gasteiger partial charge in [-0.1, -0.05) is 11.6 Å². The maximum absolute atomic E-state index is 11.9. The zero-order chi connectivity index (χ0) is 15.4. The van der Waals surface area contributed by atoms with E-state index in [9.17, 15) is 4.79 Å². The van der Waals surface area contributed by atoms with E-state index in [1.165, 1.54) is 12.8 Å². The Balaban J connectivity index is 1.71. The van der Waals surface area contributed by atoms with Crippen LogP contribution in [0.5, 0.6) is 0 Å². The van der Waals surface area contributed by atoms with Crippen LogP contribution < -0.4 is 11.1 Å². The van der Waals surface area contributed by atoms with Crippen LogP contribution in [-0.4, -0.2) is 30.4 Å². The molecule has 1 fully saturated rings. The molecule has 0 aromatic heterocycles. The van der Waals surface area contributed by atoms with Crippen LogP contribution in [0.15, 0.2) is 18.2 Å². The van der Waals surface area contributed by atoms with Crippen molar-refractivity contribution in [2.75, 3.05) is 24.6 Å². The van der Waals surface area contributed by atoms with Gasteiger partial charge >= 0.3 is 0 Å². The van der Waals surface area contributed by atoms with E-state index < -0.39 is 0 Å². The summed E-state index contributed by atoms with van der Waals surface area (Å²) in [7, 11) is 2.14. The van der Waals surface area contributed by atoms with Gasteiger partial charge in [0.25, 0.3) is 0 Å². The quantitative estimate of drug-likeness (QED) is 0.759. The molecule has 116 valence electrons. The average molecular weight is 310 g/mol. The van der Waals surface area contributed by atoms with Gasteiger partial charge in [0.1, 0.15) is 0 Å². The van der Waals surface area contributed by atoms with Gasteiger partial charge in [-0.25, -0.2) is 0 Å². The number of carbonyl (C=O) groups is 1. The monoisotopic (exact) mass is 309 g/mol. The van der Waals surface area contributed by atoms with Gasteiger partial charge in [-0.3, -0.25) is 4.79 Å². The van der Waals surface area contributed by atoms with E-state index in [2.05, 4.69) is 24.2 Å². The molecule has 0 spiro atoms. The van der Waals surface area contributed by atoms with Crippen molar-refractivity contribution in [2.45, 2.75) is 38.6 Å². The minimum Gasteiger partial charge on any atom is -0.397 e. The molecule has 0 radical (unpaired) electrons. The highest BCUT2D eigenvalue weighted by Crippen LogP contribution is 2.34. The lowest BCUT2D eigenvalue weighted by Gasteiger charge is -2.24. The van der Waals surface area contributed by atoms with Crippen molar-refractivity contribution in [1.29, 1.82) is 0 Å². The largest absolute Gasteiger partial charge is 0.397 e. The van der Waals surface area contributed by atoms with E-state index in [0.29, 0.717) is 28.9 Å². The molecule has 21 heavy (non-hydrogen) atoms. The predicted molar refractivity (Wildman–Crippen MR) is 88.5 cm³/mol. The first kappa shape index (κ1) is 16.1. The second kappa shape index (κ2) is 7.14. The summed E-state index contributed by atoms with van der Waals surface area (Å²) in [6.45, 7) is 3.22. The van der Waals surface area contributed by atoms with Crippen LogP contribution in [0.4, 0.5) is 11.4 Å². The number of hydrogen-bond donors (Lipinski definition) is 2. The topological polar surface area (TPSA) is 58.4 Å². The molecule has 0 saturated heterocycles. The Labute approximate surface area is 131 Å². The number of nitrogens with zero attached hydrogens (tertiary/aromatic N) is 1. The predicted octanol–water partition coefficient (Wildman–Crippen LogP) is 3.37. The highest BCUT2D eigenvalue weighted by molar-refractivity contribution is 6.31. The number of hydrogen-bond acceptors (Lipinski definition) is 3. The molecule has 1 unspecified atom stereocenters. The molecule has 4 nitrogen and oxygen atoms in total. The van der Waals surface area contributed by atoms with E-state index in [1.807, 2.05) is 0 Å². The van der Waals surface area contributed by atoms with Crippen LogP contribution in [-0.2, 0) is 4.79 Å². The summed E-state index contributed by atoms with van der Waals surface area (Å²) in [5.41, 5.74) is 6.94. The first-order chi connectivity index (χ1) is 9.97.